The molecule has 0 saturated carbocycles. The van der Waals surface area contributed by atoms with E-state index in [4.69, 9.17) is 9.47 Å². The van der Waals surface area contributed by atoms with Crippen LogP contribution < -0.4 is 10.1 Å². The van der Waals surface area contributed by atoms with Gasteiger partial charge in [0, 0.05) is 22.7 Å². The highest BCUT2D eigenvalue weighted by molar-refractivity contribution is 5.95. The number of hydrogen-bond acceptors (Lipinski definition) is 3. The molecule has 0 atom stereocenters. The van der Waals surface area contributed by atoms with E-state index in [0.717, 1.165) is 22.2 Å². The molecule has 2 heterocycles. The van der Waals surface area contributed by atoms with E-state index in [1.54, 1.807) is 0 Å². The molecule has 5 heteroatoms. The Morgan fingerprint density at radius 2 is 2.19 bits per heavy atom. The second-order valence-electron chi connectivity index (χ2n) is 6.01. The van der Waals surface area contributed by atoms with Gasteiger partial charge in [0.2, 0.25) is 0 Å². The van der Waals surface area contributed by atoms with Gasteiger partial charge in [0.25, 0.3) is 0 Å². The number of H-pyrrole nitrogens is 1. The first-order valence-corrected chi connectivity index (χ1v) is 6.86. The van der Waals surface area contributed by atoms with E-state index in [1.807, 2.05) is 51.2 Å². The van der Waals surface area contributed by atoms with Crippen molar-refractivity contribution in [3.05, 3.63) is 35.7 Å². The van der Waals surface area contributed by atoms with Crippen LogP contribution in [0.4, 0.5) is 4.79 Å². The molecule has 1 aromatic carbocycles. The monoisotopic (exact) mass is 286 g/mol. The van der Waals surface area contributed by atoms with Crippen molar-refractivity contribution in [2.45, 2.75) is 26.4 Å². The van der Waals surface area contributed by atoms with Crippen molar-refractivity contribution in [1.29, 1.82) is 0 Å². The van der Waals surface area contributed by atoms with Crippen LogP contribution in [0.15, 0.2) is 30.1 Å². The van der Waals surface area contributed by atoms with E-state index in [0.29, 0.717) is 12.3 Å². The van der Waals surface area contributed by atoms with Crippen LogP contribution in [0.1, 0.15) is 26.3 Å². The summed E-state index contributed by atoms with van der Waals surface area (Å²) in [6, 6.07) is 5.85. The fourth-order valence-corrected chi connectivity index (χ4v) is 2.30. The summed E-state index contributed by atoms with van der Waals surface area (Å²) in [5.74, 6) is 0.806. The standard InChI is InChI=1S/C16H18N2O3/c1-16(2,3)21-15(19)18-11-7-10-8-17-12-5-4-6-13(14(10)12)20-9-11/h4-8,17H,9H2,1-3H3,(H,18,19). The molecular formula is C16H18N2O3. The van der Waals surface area contributed by atoms with Gasteiger partial charge in [-0.15, -0.1) is 0 Å². The van der Waals surface area contributed by atoms with Crippen LogP contribution >= 0.6 is 0 Å². The van der Waals surface area contributed by atoms with E-state index in [2.05, 4.69) is 10.3 Å². The summed E-state index contributed by atoms with van der Waals surface area (Å²) in [5.41, 5.74) is 2.14. The molecule has 3 rings (SSSR count). The van der Waals surface area contributed by atoms with Crippen molar-refractivity contribution in [3.8, 4) is 5.75 Å². The highest BCUT2D eigenvalue weighted by atomic mass is 16.6. The Morgan fingerprint density at radius 3 is 2.95 bits per heavy atom. The number of carbonyl (C=O) groups is 1. The van der Waals surface area contributed by atoms with Crippen LogP contribution in [0.5, 0.6) is 5.75 Å². The van der Waals surface area contributed by atoms with Gasteiger partial charge in [-0.3, -0.25) is 5.32 Å². The lowest BCUT2D eigenvalue weighted by molar-refractivity contribution is 0.0541. The number of ether oxygens (including phenoxy) is 2. The summed E-state index contributed by atoms with van der Waals surface area (Å²) in [5, 5.41) is 3.77. The third-order valence-corrected chi connectivity index (χ3v) is 3.07. The van der Waals surface area contributed by atoms with Gasteiger partial charge < -0.3 is 14.5 Å². The Labute approximate surface area is 122 Å². The van der Waals surface area contributed by atoms with Gasteiger partial charge in [-0.2, -0.15) is 0 Å². The number of aromatic amines is 1. The molecule has 1 aliphatic heterocycles. The van der Waals surface area contributed by atoms with Gasteiger partial charge in [-0.25, -0.2) is 4.79 Å². The molecule has 2 aromatic rings. The number of carbonyl (C=O) groups excluding carboxylic acids is 1. The van der Waals surface area contributed by atoms with E-state index in [1.165, 1.54) is 0 Å². The first-order valence-electron chi connectivity index (χ1n) is 6.86. The highest BCUT2D eigenvalue weighted by Crippen LogP contribution is 2.32. The highest BCUT2D eigenvalue weighted by Gasteiger charge is 2.19. The minimum absolute atomic E-state index is 0.299. The molecule has 5 nitrogen and oxygen atoms in total. The Kier molecular flexibility index (Phi) is 3.12. The molecule has 2 N–H and O–H groups in total. The maximum Gasteiger partial charge on any atom is 0.412 e. The zero-order chi connectivity index (χ0) is 15.0. The lowest BCUT2D eigenvalue weighted by atomic mass is 10.1. The second-order valence-corrected chi connectivity index (χ2v) is 6.01. The first kappa shape index (κ1) is 13.5. The van der Waals surface area contributed by atoms with Crippen LogP contribution in [0, 0.1) is 0 Å². The zero-order valence-electron chi connectivity index (χ0n) is 12.3. The number of benzene rings is 1. The number of alkyl carbamates (subject to hydrolysis) is 1. The van der Waals surface area contributed by atoms with Crippen LogP contribution in [0.25, 0.3) is 17.0 Å². The summed E-state index contributed by atoms with van der Waals surface area (Å²) in [6.07, 6.45) is 3.33. The van der Waals surface area contributed by atoms with E-state index in [9.17, 15) is 4.79 Å². The molecule has 0 spiro atoms. The quantitative estimate of drug-likeness (QED) is 0.844. The first-order chi connectivity index (χ1) is 9.92. The molecule has 1 amide bonds. The summed E-state index contributed by atoms with van der Waals surface area (Å²) in [6.45, 7) is 5.79. The van der Waals surface area contributed by atoms with Gasteiger partial charge in [0.05, 0.1) is 5.70 Å². The summed E-state index contributed by atoms with van der Waals surface area (Å²) >= 11 is 0. The van der Waals surface area contributed by atoms with Crippen LogP contribution in [-0.2, 0) is 4.74 Å². The third-order valence-electron chi connectivity index (χ3n) is 3.07. The summed E-state index contributed by atoms with van der Waals surface area (Å²) < 4.78 is 11.0. The SMILES string of the molecule is CC(C)(C)OC(=O)NC1=Cc2c[nH]c3cccc(c23)OC1. The molecule has 0 fully saturated rings. The smallest absolute Gasteiger partial charge is 0.412 e. The number of rotatable bonds is 1. The molecule has 21 heavy (non-hydrogen) atoms. The van der Waals surface area contributed by atoms with Crippen molar-refractivity contribution in [2.75, 3.05) is 6.61 Å². The fraction of sp³-hybridized carbons (Fsp3) is 0.312. The van der Waals surface area contributed by atoms with Crippen LogP contribution in [-0.4, -0.2) is 23.3 Å². The fourth-order valence-electron chi connectivity index (χ4n) is 2.30. The minimum atomic E-state index is -0.527. The molecule has 1 aliphatic rings. The maximum absolute atomic E-state index is 11.9. The van der Waals surface area contributed by atoms with Gasteiger partial charge in [0.1, 0.15) is 18.0 Å². The molecule has 0 unspecified atom stereocenters. The predicted octanol–water partition coefficient (Wildman–Crippen LogP) is 3.43. The second kappa shape index (κ2) is 4.84. The lowest BCUT2D eigenvalue weighted by Crippen LogP contribution is -2.33. The normalized spacial score (nSPS) is 14.1. The van der Waals surface area contributed by atoms with Crippen molar-refractivity contribution < 1.29 is 14.3 Å². The molecule has 110 valence electrons. The van der Waals surface area contributed by atoms with Crippen LogP contribution in [0.3, 0.4) is 0 Å². The Balaban J connectivity index is 1.85. The van der Waals surface area contributed by atoms with E-state index in [-0.39, 0.29) is 0 Å². The third kappa shape index (κ3) is 2.86. The maximum atomic E-state index is 11.9. The molecule has 0 bridgehead atoms. The number of amides is 1. The van der Waals surface area contributed by atoms with Crippen LogP contribution in [0.2, 0.25) is 0 Å². The van der Waals surface area contributed by atoms with Crippen molar-refractivity contribution in [1.82, 2.24) is 10.3 Å². The number of aromatic nitrogens is 1. The average molecular weight is 286 g/mol. The molecular weight excluding hydrogens is 268 g/mol. The summed E-state index contributed by atoms with van der Waals surface area (Å²) in [7, 11) is 0. The van der Waals surface area contributed by atoms with Gasteiger partial charge >= 0.3 is 6.09 Å². The Bertz CT molecular complexity index is 723. The van der Waals surface area contributed by atoms with Crippen molar-refractivity contribution in [3.63, 3.8) is 0 Å². The van der Waals surface area contributed by atoms with E-state index >= 15 is 0 Å². The number of nitrogens with one attached hydrogen (secondary N) is 2. The summed E-state index contributed by atoms with van der Waals surface area (Å²) in [4.78, 5) is 15.0. The Morgan fingerprint density at radius 1 is 1.38 bits per heavy atom. The Hall–Kier alpha value is -2.43. The van der Waals surface area contributed by atoms with Crippen molar-refractivity contribution >= 4 is 23.1 Å². The number of hydrogen-bond donors (Lipinski definition) is 2. The van der Waals surface area contributed by atoms with Gasteiger partial charge in [-0.05, 0) is 39.0 Å². The molecule has 1 aromatic heterocycles. The van der Waals surface area contributed by atoms with Crippen molar-refractivity contribution in [2.24, 2.45) is 0 Å². The molecule has 0 aliphatic carbocycles. The van der Waals surface area contributed by atoms with Gasteiger partial charge in [-0.1, -0.05) is 6.07 Å². The lowest BCUT2D eigenvalue weighted by Gasteiger charge is -2.20. The largest absolute Gasteiger partial charge is 0.487 e. The minimum Gasteiger partial charge on any atom is -0.487 e. The topological polar surface area (TPSA) is 63.3 Å². The van der Waals surface area contributed by atoms with Gasteiger partial charge in [0.15, 0.2) is 0 Å². The average Bonchev–Trinajstić information content (AvgIpc) is 2.68. The predicted molar refractivity (Wildman–Crippen MR) is 81.1 cm³/mol. The molecule has 0 radical (unpaired) electrons. The zero-order valence-corrected chi connectivity index (χ0v) is 12.3. The molecule has 0 saturated heterocycles. The van der Waals surface area contributed by atoms with E-state index < -0.39 is 11.7 Å².